The maximum atomic E-state index is 12.7. The first-order chi connectivity index (χ1) is 8.78. The van der Waals surface area contributed by atoms with E-state index in [1.165, 1.54) is 44.5 Å². The number of anilines is 1. The van der Waals surface area contributed by atoms with E-state index in [-0.39, 0.29) is 5.82 Å². The van der Waals surface area contributed by atoms with Gasteiger partial charge in [-0.2, -0.15) is 0 Å². The maximum Gasteiger partial charge on any atom is 0.123 e. The van der Waals surface area contributed by atoms with Crippen LogP contribution in [0.2, 0.25) is 0 Å². The van der Waals surface area contributed by atoms with Gasteiger partial charge < -0.3 is 10.2 Å². The van der Waals surface area contributed by atoms with Gasteiger partial charge in [0.25, 0.3) is 0 Å². The van der Waals surface area contributed by atoms with Crippen LogP contribution in [-0.4, -0.2) is 31.1 Å². The molecule has 1 aromatic rings. The molecule has 0 aliphatic carbocycles. The average molecular weight is 250 g/mol. The summed E-state index contributed by atoms with van der Waals surface area (Å²) in [5, 5.41) is 3.34. The molecule has 0 bridgehead atoms. The summed E-state index contributed by atoms with van der Waals surface area (Å²) in [6, 6.07) is 6.57. The smallest absolute Gasteiger partial charge is 0.123 e. The van der Waals surface area contributed by atoms with Crippen LogP contribution in [0, 0.1) is 11.7 Å². The fourth-order valence-electron chi connectivity index (χ4n) is 2.54. The summed E-state index contributed by atoms with van der Waals surface area (Å²) in [6.45, 7) is 6.75. The van der Waals surface area contributed by atoms with Crippen LogP contribution < -0.4 is 5.32 Å². The molecule has 1 aliphatic rings. The molecule has 100 valence electrons. The van der Waals surface area contributed by atoms with Gasteiger partial charge in [0, 0.05) is 18.8 Å². The van der Waals surface area contributed by atoms with E-state index >= 15 is 0 Å². The lowest BCUT2D eigenvalue weighted by molar-refractivity contribution is 0.188. The highest BCUT2D eigenvalue weighted by Crippen LogP contribution is 2.19. The summed E-state index contributed by atoms with van der Waals surface area (Å²) in [5.74, 6) is 0.758. The zero-order chi connectivity index (χ0) is 12.8. The van der Waals surface area contributed by atoms with E-state index in [0.29, 0.717) is 0 Å². The van der Waals surface area contributed by atoms with Crippen molar-refractivity contribution in [1.29, 1.82) is 0 Å². The minimum absolute atomic E-state index is 0.179. The van der Waals surface area contributed by atoms with Gasteiger partial charge in [-0.1, -0.05) is 13.3 Å². The summed E-state index contributed by atoms with van der Waals surface area (Å²) >= 11 is 0. The Bertz CT molecular complexity index is 342. The fourth-order valence-corrected chi connectivity index (χ4v) is 2.54. The van der Waals surface area contributed by atoms with Crippen molar-refractivity contribution in [1.82, 2.24) is 4.90 Å². The third kappa shape index (κ3) is 3.98. The highest BCUT2D eigenvalue weighted by molar-refractivity contribution is 5.42. The Morgan fingerprint density at radius 1 is 1.22 bits per heavy atom. The number of piperidine rings is 1. The van der Waals surface area contributed by atoms with Crippen molar-refractivity contribution in [3.05, 3.63) is 30.1 Å². The minimum Gasteiger partial charge on any atom is -0.384 e. The zero-order valence-electron chi connectivity index (χ0n) is 11.2. The number of halogens is 1. The molecule has 0 unspecified atom stereocenters. The molecule has 0 aromatic heterocycles. The van der Waals surface area contributed by atoms with Crippen molar-refractivity contribution >= 4 is 5.69 Å². The number of nitrogens with zero attached hydrogens (tertiary/aromatic N) is 1. The zero-order valence-corrected chi connectivity index (χ0v) is 11.2. The molecule has 1 N–H and O–H groups in total. The predicted octanol–water partition coefficient (Wildman–Crippen LogP) is 3.36. The van der Waals surface area contributed by atoms with Crippen molar-refractivity contribution in [3.8, 4) is 0 Å². The Labute approximate surface area is 109 Å². The molecule has 1 saturated heterocycles. The van der Waals surface area contributed by atoms with Crippen LogP contribution in [-0.2, 0) is 0 Å². The lowest BCUT2D eigenvalue weighted by Gasteiger charge is -2.31. The van der Waals surface area contributed by atoms with Gasteiger partial charge in [0.1, 0.15) is 5.82 Å². The van der Waals surface area contributed by atoms with Gasteiger partial charge in [0.05, 0.1) is 0 Å². The molecular formula is C15H23FN2. The first-order valence-corrected chi connectivity index (χ1v) is 6.99. The Morgan fingerprint density at radius 3 is 2.50 bits per heavy atom. The topological polar surface area (TPSA) is 15.3 Å². The molecule has 0 saturated carbocycles. The van der Waals surface area contributed by atoms with Crippen molar-refractivity contribution in [3.63, 3.8) is 0 Å². The number of hydrogen-bond acceptors (Lipinski definition) is 2. The van der Waals surface area contributed by atoms with E-state index in [0.717, 1.165) is 24.7 Å². The van der Waals surface area contributed by atoms with Crippen molar-refractivity contribution in [2.45, 2.75) is 26.2 Å². The monoisotopic (exact) mass is 250 g/mol. The molecule has 0 atom stereocenters. The molecule has 2 rings (SSSR count). The maximum absolute atomic E-state index is 12.7. The summed E-state index contributed by atoms with van der Waals surface area (Å²) < 4.78 is 12.7. The summed E-state index contributed by atoms with van der Waals surface area (Å²) in [7, 11) is 0. The molecule has 1 aliphatic heterocycles. The highest BCUT2D eigenvalue weighted by atomic mass is 19.1. The van der Waals surface area contributed by atoms with E-state index in [2.05, 4.69) is 17.1 Å². The third-order valence-corrected chi connectivity index (χ3v) is 3.89. The van der Waals surface area contributed by atoms with E-state index in [9.17, 15) is 4.39 Å². The summed E-state index contributed by atoms with van der Waals surface area (Å²) in [6.07, 6.45) is 4.00. The van der Waals surface area contributed by atoms with E-state index < -0.39 is 0 Å². The van der Waals surface area contributed by atoms with Crippen LogP contribution in [0.25, 0.3) is 0 Å². The first-order valence-electron chi connectivity index (χ1n) is 6.99. The molecule has 0 spiro atoms. The lowest BCUT2D eigenvalue weighted by Crippen LogP contribution is -2.36. The third-order valence-electron chi connectivity index (χ3n) is 3.89. The van der Waals surface area contributed by atoms with Crippen LogP contribution in [0.4, 0.5) is 10.1 Å². The highest BCUT2D eigenvalue weighted by Gasteiger charge is 2.16. The second-order valence-corrected chi connectivity index (χ2v) is 5.13. The number of hydrogen-bond donors (Lipinski definition) is 1. The second-order valence-electron chi connectivity index (χ2n) is 5.13. The standard InChI is InChI=1S/C15H23FN2/c1-2-13-7-10-18(11-8-13)12-9-17-15-5-3-14(16)4-6-15/h3-6,13,17H,2,7-12H2,1H3. The van der Waals surface area contributed by atoms with Crippen LogP contribution in [0.15, 0.2) is 24.3 Å². The number of benzene rings is 1. The quantitative estimate of drug-likeness (QED) is 0.862. The Hall–Kier alpha value is -1.09. The first kappa shape index (κ1) is 13.3. The van der Waals surface area contributed by atoms with Crippen LogP contribution >= 0.6 is 0 Å². The fraction of sp³-hybridized carbons (Fsp3) is 0.600. The number of likely N-dealkylation sites (tertiary alicyclic amines) is 1. The van der Waals surface area contributed by atoms with Gasteiger partial charge in [-0.15, -0.1) is 0 Å². The van der Waals surface area contributed by atoms with Gasteiger partial charge in [-0.25, -0.2) is 4.39 Å². The van der Waals surface area contributed by atoms with Crippen molar-refractivity contribution in [2.24, 2.45) is 5.92 Å². The predicted molar refractivity (Wildman–Crippen MR) is 74.3 cm³/mol. The van der Waals surface area contributed by atoms with E-state index in [4.69, 9.17) is 0 Å². The van der Waals surface area contributed by atoms with E-state index in [1.54, 1.807) is 12.1 Å². The van der Waals surface area contributed by atoms with E-state index in [1.807, 2.05) is 0 Å². The summed E-state index contributed by atoms with van der Waals surface area (Å²) in [5.41, 5.74) is 1.000. The molecule has 3 heteroatoms. The molecule has 1 aromatic carbocycles. The van der Waals surface area contributed by atoms with Crippen LogP contribution in [0.5, 0.6) is 0 Å². The largest absolute Gasteiger partial charge is 0.384 e. The SMILES string of the molecule is CCC1CCN(CCNc2ccc(F)cc2)CC1. The van der Waals surface area contributed by atoms with Crippen molar-refractivity contribution < 1.29 is 4.39 Å². The van der Waals surface area contributed by atoms with Crippen LogP contribution in [0.1, 0.15) is 26.2 Å². The lowest BCUT2D eigenvalue weighted by atomic mass is 9.94. The van der Waals surface area contributed by atoms with Crippen LogP contribution in [0.3, 0.4) is 0 Å². The molecule has 18 heavy (non-hydrogen) atoms. The molecule has 0 amide bonds. The van der Waals surface area contributed by atoms with Gasteiger partial charge >= 0.3 is 0 Å². The molecule has 1 fully saturated rings. The van der Waals surface area contributed by atoms with Crippen molar-refractivity contribution in [2.75, 3.05) is 31.5 Å². The Kier molecular flexibility index (Phi) is 5.00. The number of nitrogens with one attached hydrogen (secondary N) is 1. The molecule has 1 heterocycles. The summed E-state index contributed by atoms with van der Waals surface area (Å²) in [4.78, 5) is 2.52. The molecule has 0 radical (unpaired) electrons. The molecular weight excluding hydrogens is 227 g/mol. The number of rotatable bonds is 5. The average Bonchev–Trinajstić information content (AvgIpc) is 2.42. The molecule has 2 nitrogen and oxygen atoms in total. The minimum atomic E-state index is -0.179. The van der Waals surface area contributed by atoms with Gasteiger partial charge in [-0.3, -0.25) is 0 Å². The van der Waals surface area contributed by atoms with Gasteiger partial charge in [0.2, 0.25) is 0 Å². The van der Waals surface area contributed by atoms with Gasteiger partial charge in [0.15, 0.2) is 0 Å². The Morgan fingerprint density at radius 2 is 1.89 bits per heavy atom. The normalized spacial score (nSPS) is 17.9. The Balaban J connectivity index is 1.65. The second kappa shape index (κ2) is 6.74. The van der Waals surface area contributed by atoms with Gasteiger partial charge in [-0.05, 0) is 56.1 Å².